The van der Waals surface area contributed by atoms with E-state index in [4.69, 9.17) is 26.8 Å². The number of amides is 1. The van der Waals surface area contributed by atoms with E-state index < -0.39 is 17.5 Å². The van der Waals surface area contributed by atoms with E-state index in [-0.39, 0.29) is 28.6 Å². The Labute approximate surface area is 261 Å². The number of nitrogens with zero attached hydrogens (tertiary/aromatic N) is 3. The molecule has 1 saturated carbocycles. The minimum Gasteiger partial charge on any atom is -0.497 e. The number of anilines is 1. The van der Waals surface area contributed by atoms with Crippen molar-refractivity contribution < 1.29 is 18.7 Å². The molecule has 232 valence electrons. The van der Waals surface area contributed by atoms with E-state index in [0.717, 1.165) is 59.3 Å². The number of amidine groups is 1. The van der Waals surface area contributed by atoms with Crippen molar-refractivity contribution in [1.29, 1.82) is 0 Å². The number of aliphatic imine (C=N–C) groups is 1. The lowest BCUT2D eigenvalue weighted by Crippen LogP contribution is -2.42. The van der Waals surface area contributed by atoms with Gasteiger partial charge in [-0.2, -0.15) is 5.10 Å². The fourth-order valence-electron chi connectivity index (χ4n) is 5.46. The predicted octanol–water partition coefficient (Wildman–Crippen LogP) is 7.40. The molecule has 1 aliphatic rings. The summed E-state index contributed by atoms with van der Waals surface area (Å²) in [6.07, 6.45) is 6.42. The van der Waals surface area contributed by atoms with Crippen molar-refractivity contribution in [3.8, 4) is 16.9 Å². The van der Waals surface area contributed by atoms with Crippen molar-refractivity contribution in [2.75, 3.05) is 12.4 Å². The average molecular weight is 621 g/mol. The fraction of sp³-hybridized carbons (Fsp3) is 0.364. The maximum atomic E-state index is 14.0. The van der Waals surface area contributed by atoms with Crippen LogP contribution in [0.15, 0.2) is 59.9 Å². The van der Waals surface area contributed by atoms with Crippen LogP contribution in [0, 0.1) is 12.7 Å². The smallest absolute Gasteiger partial charge is 0.407 e. The molecule has 1 amide bonds. The predicted molar refractivity (Wildman–Crippen MR) is 173 cm³/mol. The van der Waals surface area contributed by atoms with Crippen molar-refractivity contribution in [1.82, 2.24) is 14.9 Å². The number of halogens is 2. The Morgan fingerprint density at radius 3 is 2.52 bits per heavy atom. The molecule has 0 atom stereocenters. The molecule has 11 heteroatoms. The van der Waals surface area contributed by atoms with Crippen LogP contribution < -0.4 is 21.1 Å². The van der Waals surface area contributed by atoms with Gasteiger partial charge < -0.3 is 25.8 Å². The van der Waals surface area contributed by atoms with Gasteiger partial charge in [0.2, 0.25) is 0 Å². The molecule has 0 bridgehead atoms. The number of nitrogens with two attached hydrogens (primary N) is 1. The Morgan fingerprint density at radius 2 is 1.84 bits per heavy atom. The molecule has 44 heavy (non-hydrogen) atoms. The van der Waals surface area contributed by atoms with Crippen LogP contribution in [0.5, 0.6) is 5.75 Å². The number of methoxy groups -OCH3 is 1. The van der Waals surface area contributed by atoms with Gasteiger partial charge in [0, 0.05) is 29.9 Å². The van der Waals surface area contributed by atoms with Crippen LogP contribution in [0.25, 0.3) is 16.6 Å². The van der Waals surface area contributed by atoms with E-state index in [0.29, 0.717) is 5.56 Å². The first kappa shape index (κ1) is 31.1. The molecule has 2 aromatic heterocycles. The molecule has 4 aromatic rings. The number of carbonyl (C=O) groups excluding carboxylic acids is 1. The highest BCUT2D eigenvalue weighted by atomic mass is 35.5. The minimum absolute atomic E-state index is 0.0273. The number of aryl methyl sites for hydroxylation is 1. The van der Waals surface area contributed by atoms with E-state index in [2.05, 4.69) is 26.8 Å². The average Bonchev–Trinajstić information content (AvgIpc) is 3.39. The Balaban J connectivity index is 1.47. The minimum atomic E-state index is -0.552. The Hall–Kier alpha value is -4.31. The zero-order chi connectivity index (χ0) is 31.6. The maximum absolute atomic E-state index is 14.0. The van der Waals surface area contributed by atoms with Crippen molar-refractivity contribution >= 4 is 40.4 Å². The number of rotatable bonds is 7. The standard InChI is InChI=1S/C33H38ClFN6O3/c1-19-14-24(43-5)11-12-25(19)20-15-29-30(38-22-7-9-23(10-8-22)39-32(42)44-33(2,3)4)26(17-37-41(29)18-20)31(36)40-28-16-21(35)6-13-27(28)34/h6,11-18,22-23,38H,7-10H2,1-5H3,(H2,36,40)(H,39,42)/t22-,23-. The first-order valence-electron chi connectivity index (χ1n) is 14.6. The summed E-state index contributed by atoms with van der Waals surface area (Å²) in [7, 11) is 1.65. The number of alkyl carbamates (subject to hydrolysis) is 1. The summed E-state index contributed by atoms with van der Waals surface area (Å²) in [6, 6.07) is 12.1. The van der Waals surface area contributed by atoms with Crippen molar-refractivity contribution in [2.24, 2.45) is 10.7 Å². The molecule has 2 aromatic carbocycles. The molecule has 9 nitrogen and oxygen atoms in total. The molecule has 0 spiro atoms. The number of nitrogens with one attached hydrogen (secondary N) is 2. The highest BCUT2D eigenvalue weighted by Crippen LogP contribution is 2.34. The van der Waals surface area contributed by atoms with Crippen LogP contribution in [0.1, 0.15) is 57.6 Å². The van der Waals surface area contributed by atoms with Gasteiger partial charge in [0.15, 0.2) is 0 Å². The summed E-state index contributed by atoms with van der Waals surface area (Å²) >= 11 is 6.30. The summed E-state index contributed by atoms with van der Waals surface area (Å²) in [5.74, 6) is 0.476. The first-order chi connectivity index (χ1) is 20.9. The van der Waals surface area contributed by atoms with E-state index >= 15 is 0 Å². The largest absolute Gasteiger partial charge is 0.497 e. The zero-order valence-corrected chi connectivity index (χ0v) is 26.3. The molecular weight excluding hydrogens is 583 g/mol. The SMILES string of the molecule is COc1ccc(-c2cc3c(N[C@H]4CC[C@H](NC(=O)OC(C)(C)C)CC4)c(/C(N)=N/c4cc(F)ccc4Cl)cnn3c2)c(C)c1. The lowest BCUT2D eigenvalue weighted by molar-refractivity contribution is 0.0492. The third-order valence-corrected chi connectivity index (χ3v) is 7.92. The number of carbonyl (C=O) groups is 1. The topological polar surface area (TPSA) is 115 Å². The molecule has 1 fully saturated rings. The molecule has 2 heterocycles. The van der Waals surface area contributed by atoms with Crippen LogP contribution in [-0.4, -0.2) is 46.3 Å². The molecule has 0 unspecified atom stereocenters. The highest BCUT2D eigenvalue weighted by Gasteiger charge is 2.26. The van der Waals surface area contributed by atoms with E-state index in [1.165, 1.54) is 18.2 Å². The second kappa shape index (κ2) is 12.7. The van der Waals surface area contributed by atoms with Crippen molar-refractivity contribution in [3.63, 3.8) is 0 Å². The van der Waals surface area contributed by atoms with Gasteiger partial charge in [-0.05, 0) is 94.8 Å². The highest BCUT2D eigenvalue weighted by molar-refractivity contribution is 6.33. The summed E-state index contributed by atoms with van der Waals surface area (Å²) in [4.78, 5) is 16.8. The third-order valence-electron chi connectivity index (χ3n) is 7.60. The second-order valence-corrected chi connectivity index (χ2v) is 12.5. The van der Waals surface area contributed by atoms with Crippen molar-refractivity contribution in [2.45, 2.75) is 71.1 Å². The molecule has 0 radical (unpaired) electrons. The summed E-state index contributed by atoms with van der Waals surface area (Å²) in [6.45, 7) is 7.58. The van der Waals surface area contributed by atoms with Crippen LogP contribution in [0.4, 0.5) is 20.6 Å². The quantitative estimate of drug-likeness (QED) is 0.146. The molecule has 1 aliphatic carbocycles. The zero-order valence-electron chi connectivity index (χ0n) is 25.6. The monoisotopic (exact) mass is 620 g/mol. The summed E-state index contributed by atoms with van der Waals surface area (Å²) in [5.41, 5.74) is 11.5. The van der Waals surface area contributed by atoms with Gasteiger partial charge >= 0.3 is 6.09 Å². The van der Waals surface area contributed by atoms with E-state index in [1.54, 1.807) is 13.3 Å². The number of benzene rings is 2. The van der Waals surface area contributed by atoms with Crippen LogP contribution in [0.3, 0.4) is 0 Å². The molecule has 0 aliphatic heterocycles. The van der Waals surface area contributed by atoms with Crippen LogP contribution >= 0.6 is 11.6 Å². The first-order valence-corrected chi connectivity index (χ1v) is 15.0. The number of aromatic nitrogens is 2. The van der Waals surface area contributed by atoms with Crippen LogP contribution in [0.2, 0.25) is 5.02 Å². The van der Waals surface area contributed by atoms with Gasteiger partial charge in [-0.15, -0.1) is 0 Å². The van der Waals surface area contributed by atoms with Gasteiger partial charge in [-0.3, -0.25) is 0 Å². The maximum Gasteiger partial charge on any atom is 0.407 e. The van der Waals surface area contributed by atoms with Gasteiger partial charge in [0.1, 0.15) is 23.0 Å². The number of fused-ring (bicyclic) bond motifs is 1. The van der Waals surface area contributed by atoms with Crippen molar-refractivity contribution in [3.05, 3.63) is 76.8 Å². The fourth-order valence-corrected chi connectivity index (χ4v) is 5.62. The van der Waals surface area contributed by atoms with Gasteiger partial charge in [-0.1, -0.05) is 17.7 Å². The number of ether oxygens (including phenoxy) is 2. The lowest BCUT2D eigenvalue weighted by Gasteiger charge is -2.31. The molecule has 0 saturated heterocycles. The van der Waals surface area contributed by atoms with Crippen LogP contribution in [-0.2, 0) is 4.74 Å². The summed E-state index contributed by atoms with van der Waals surface area (Å²) < 4.78 is 26.6. The number of hydrogen-bond donors (Lipinski definition) is 3. The summed E-state index contributed by atoms with van der Waals surface area (Å²) in [5, 5.41) is 11.6. The third kappa shape index (κ3) is 7.24. The molecule has 5 rings (SSSR count). The normalized spacial score (nSPS) is 17.4. The Kier molecular flexibility index (Phi) is 9.01. The van der Waals surface area contributed by atoms with E-state index in [9.17, 15) is 9.18 Å². The van der Waals surface area contributed by atoms with Gasteiger partial charge in [-0.25, -0.2) is 18.7 Å². The van der Waals surface area contributed by atoms with Gasteiger partial charge in [0.05, 0.1) is 40.8 Å². The molecular formula is C33H38ClFN6O3. The molecule has 4 N–H and O–H groups in total. The Morgan fingerprint density at radius 1 is 1.11 bits per heavy atom. The van der Waals surface area contributed by atoms with E-state index in [1.807, 2.05) is 56.6 Å². The second-order valence-electron chi connectivity index (χ2n) is 12.1. The lowest BCUT2D eigenvalue weighted by atomic mass is 9.91. The van der Waals surface area contributed by atoms with Gasteiger partial charge in [0.25, 0.3) is 0 Å². The Bertz CT molecular complexity index is 1710. The number of hydrogen-bond acceptors (Lipinski definition) is 6.